The van der Waals surface area contributed by atoms with Gasteiger partial charge in [0.15, 0.2) is 0 Å². The Morgan fingerprint density at radius 3 is 2.95 bits per heavy atom. The van der Waals surface area contributed by atoms with Crippen LogP contribution < -0.4 is 5.32 Å². The van der Waals surface area contributed by atoms with Gasteiger partial charge in [0.2, 0.25) is 12.3 Å². The summed E-state index contributed by atoms with van der Waals surface area (Å²) in [4.78, 5) is 16.0. The summed E-state index contributed by atoms with van der Waals surface area (Å²) in [6, 6.07) is 8.63. The molecule has 0 spiro atoms. The second-order valence-corrected chi connectivity index (χ2v) is 4.54. The summed E-state index contributed by atoms with van der Waals surface area (Å²) in [7, 11) is 0. The molecule has 1 aromatic carbocycles. The molecule has 0 bridgehead atoms. The van der Waals surface area contributed by atoms with Crippen LogP contribution in [0.5, 0.6) is 0 Å². The summed E-state index contributed by atoms with van der Waals surface area (Å²) in [5.74, 6) is 0.0429. The van der Waals surface area contributed by atoms with Crippen molar-refractivity contribution in [3.05, 3.63) is 59.7 Å². The topological polar surface area (TPSA) is 80.9 Å². The van der Waals surface area contributed by atoms with Gasteiger partial charge in [0.1, 0.15) is 0 Å². The first-order valence-corrected chi connectivity index (χ1v) is 6.39. The number of anilines is 1. The summed E-state index contributed by atoms with van der Waals surface area (Å²) in [6.07, 6.45) is 4.19. The van der Waals surface area contributed by atoms with Crippen molar-refractivity contribution in [3.63, 3.8) is 0 Å². The van der Waals surface area contributed by atoms with Crippen LogP contribution in [0.4, 0.5) is 5.69 Å². The minimum atomic E-state index is -0.337. The van der Waals surface area contributed by atoms with Crippen LogP contribution in [0.2, 0.25) is 5.02 Å². The van der Waals surface area contributed by atoms with E-state index in [2.05, 4.69) is 20.5 Å². The van der Waals surface area contributed by atoms with Crippen LogP contribution in [0.25, 0.3) is 11.5 Å². The molecule has 1 amide bonds. The molecule has 104 valence electrons. The molecule has 7 heteroatoms. The molecule has 21 heavy (non-hydrogen) atoms. The van der Waals surface area contributed by atoms with Gasteiger partial charge in [-0.2, -0.15) is 0 Å². The zero-order valence-corrected chi connectivity index (χ0v) is 11.4. The van der Waals surface area contributed by atoms with Crippen LogP contribution in [0, 0.1) is 0 Å². The van der Waals surface area contributed by atoms with Crippen molar-refractivity contribution in [2.45, 2.75) is 0 Å². The first kappa shape index (κ1) is 13.3. The van der Waals surface area contributed by atoms with Crippen molar-refractivity contribution < 1.29 is 9.21 Å². The molecule has 0 saturated carbocycles. The molecular formula is C14H9ClN4O2. The third kappa shape index (κ3) is 2.90. The van der Waals surface area contributed by atoms with E-state index >= 15 is 0 Å². The number of aromatic nitrogens is 3. The highest BCUT2D eigenvalue weighted by Crippen LogP contribution is 2.21. The van der Waals surface area contributed by atoms with E-state index in [9.17, 15) is 4.79 Å². The minimum absolute atomic E-state index is 0.308. The number of nitrogens with one attached hydrogen (secondary N) is 1. The lowest BCUT2D eigenvalue weighted by Crippen LogP contribution is -2.12. The van der Waals surface area contributed by atoms with Gasteiger partial charge in [0.05, 0.1) is 10.6 Å². The van der Waals surface area contributed by atoms with Crippen LogP contribution in [-0.2, 0) is 0 Å². The smallest absolute Gasteiger partial charge is 0.258 e. The molecule has 0 aliphatic carbocycles. The van der Waals surface area contributed by atoms with Crippen LogP contribution >= 0.6 is 11.6 Å². The molecule has 0 radical (unpaired) electrons. The predicted molar refractivity (Wildman–Crippen MR) is 76.9 cm³/mol. The van der Waals surface area contributed by atoms with Gasteiger partial charge in [-0.3, -0.25) is 9.78 Å². The number of rotatable bonds is 3. The summed E-state index contributed by atoms with van der Waals surface area (Å²) < 4.78 is 5.12. The van der Waals surface area contributed by atoms with Crippen molar-refractivity contribution in [3.8, 4) is 11.5 Å². The second-order valence-electron chi connectivity index (χ2n) is 4.13. The minimum Gasteiger partial charge on any atom is -0.423 e. The number of carbonyl (C=O) groups excluding carboxylic acids is 1. The number of halogens is 1. The molecule has 0 saturated heterocycles. The summed E-state index contributed by atoms with van der Waals surface area (Å²) in [5.41, 5.74) is 1.61. The second kappa shape index (κ2) is 5.72. The zero-order chi connectivity index (χ0) is 14.7. The Morgan fingerprint density at radius 1 is 1.29 bits per heavy atom. The molecule has 0 fully saturated rings. The highest BCUT2D eigenvalue weighted by Gasteiger charge is 2.11. The van der Waals surface area contributed by atoms with Gasteiger partial charge in [-0.25, -0.2) is 0 Å². The monoisotopic (exact) mass is 300 g/mol. The molecule has 6 nitrogen and oxygen atoms in total. The van der Waals surface area contributed by atoms with Crippen molar-refractivity contribution in [2.75, 3.05) is 5.32 Å². The van der Waals surface area contributed by atoms with Gasteiger partial charge in [0, 0.05) is 23.6 Å². The molecule has 0 aliphatic heterocycles. The lowest BCUT2D eigenvalue weighted by Gasteiger charge is -2.07. The van der Waals surface area contributed by atoms with Gasteiger partial charge in [-0.05, 0) is 24.3 Å². The van der Waals surface area contributed by atoms with Crippen LogP contribution in [-0.4, -0.2) is 21.1 Å². The van der Waals surface area contributed by atoms with Crippen LogP contribution in [0.15, 0.2) is 53.5 Å². The fraction of sp³-hybridized carbons (Fsp3) is 0. The average Bonchev–Trinajstić information content (AvgIpc) is 3.02. The molecule has 0 unspecified atom stereocenters. The molecular weight excluding hydrogens is 292 g/mol. The Morgan fingerprint density at radius 2 is 2.19 bits per heavy atom. The first-order valence-electron chi connectivity index (χ1n) is 6.01. The lowest BCUT2D eigenvalue weighted by atomic mass is 10.2. The van der Waals surface area contributed by atoms with E-state index in [4.69, 9.17) is 16.0 Å². The lowest BCUT2D eigenvalue weighted by molar-refractivity contribution is 0.102. The van der Waals surface area contributed by atoms with Crippen LogP contribution in [0.3, 0.4) is 0 Å². The highest BCUT2D eigenvalue weighted by atomic mass is 35.5. The number of carbonyl (C=O) groups is 1. The van der Waals surface area contributed by atoms with Gasteiger partial charge in [0.25, 0.3) is 5.91 Å². The van der Waals surface area contributed by atoms with E-state index in [0.717, 1.165) is 0 Å². The summed E-state index contributed by atoms with van der Waals surface area (Å²) >= 11 is 5.96. The number of benzene rings is 1. The Labute approximate surface area is 124 Å². The molecule has 1 N–H and O–H groups in total. The molecule has 2 aromatic heterocycles. The van der Waals surface area contributed by atoms with Gasteiger partial charge >= 0.3 is 0 Å². The normalized spacial score (nSPS) is 10.3. The van der Waals surface area contributed by atoms with E-state index in [1.165, 1.54) is 18.8 Å². The number of hydrogen-bond donors (Lipinski definition) is 1. The van der Waals surface area contributed by atoms with Crippen molar-refractivity contribution in [1.82, 2.24) is 15.2 Å². The number of pyridine rings is 1. The molecule has 3 aromatic rings. The standard InChI is InChI=1S/C14H9ClN4O2/c15-12-4-5-16-7-11(12)13(20)18-10-3-1-2-9(6-10)14-19-17-8-21-14/h1-8H,(H,18,20). The molecule has 0 atom stereocenters. The van der Waals surface area contributed by atoms with Gasteiger partial charge in [-0.1, -0.05) is 17.7 Å². The van der Waals surface area contributed by atoms with Crippen LogP contribution in [0.1, 0.15) is 10.4 Å². The zero-order valence-electron chi connectivity index (χ0n) is 10.7. The SMILES string of the molecule is O=C(Nc1cccc(-c2nnco2)c1)c1cnccc1Cl. The van der Waals surface area contributed by atoms with Crippen molar-refractivity contribution in [1.29, 1.82) is 0 Å². The Hall–Kier alpha value is -2.73. The molecule has 2 heterocycles. The maximum atomic E-state index is 12.1. The predicted octanol–water partition coefficient (Wildman–Crippen LogP) is 3.04. The quantitative estimate of drug-likeness (QED) is 0.804. The van der Waals surface area contributed by atoms with Crippen molar-refractivity contribution in [2.24, 2.45) is 0 Å². The fourth-order valence-corrected chi connectivity index (χ4v) is 1.96. The van der Waals surface area contributed by atoms with E-state index in [0.29, 0.717) is 27.7 Å². The number of amides is 1. The third-order valence-corrected chi connectivity index (χ3v) is 3.07. The average molecular weight is 301 g/mol. The Kier molecular flexibility index (Phi) is 3.61. The maximum Gasteiger partial charge on any atom is 0.258 e. The molecule has 3 rings (SSSR count). The number of hydrogen-bond acceptors (Lipinski definition) is 5. The van der Waals surface area contributed by atoms with Crippen molar-refractivity contribution >= 4 is 23.2 Å². The van der Waals surface area contributed by atoms with Gasteiger partial charge in [-0.15, -0.1) is 10.2 Å². The van der Waals surface area contributed by atoms with E-state index < -0.39 is 0 Å². The first-order chi connectivity index (χ1) is 10.2. The largest absolute Gasteiger partial charge is 0.423 e. The van der Waals surface area contributed by atoms with E-state index in [1.807, 2.05) is 0 Å². The van der Waals surface area contributed by atoms with E-state index in [1.54, 1.807) is 30.3 Å². The third-order valence-electron chi connectivity index (χ3n) is 2.74. The summed E-state index contributed by atoms with van der Waals surface area (Å²) in [6.45, 7) is 0. The highest BCUT2D eigenvalue weighted by molar-refractivity contribution is 6.34. The number of nitrogens with zero attached hydrogens (tertiary/aromatic N) is 3. The maximum absolute atomic E-state index is 12.1. The molecule has 0 aliphatic rings. The fourth-order valence-electron chi connectivity index (χ4n) is 1.77. The van der Waals surface area contributed by atoms with E-state index in [-0.39, 0.29) is 5.91 Å². The van der Waals surface area contributed by atoms with Gasteiger partial charge < -0.3 is 9.73 Å². The Bertz CT molecular complexity index is 774. The summed E-state index contributed by atoms with van der Waals surface area (Å²) in [5, 5.41) is 10.5. The Balaban J connectivity index is 1.84.